The van der Waals surface area contributed by atoms with Gasteiger partial charge in [0, 0.05) is 0 Å². The number of aryl methyl sites for hydroxylation is 2. The summed E-state index contributed by atoms with van der Waals surface area (Å²) < 4.78 is 1.29. The predicted molar refractivity (Wildman–Crippen MR) is 41.3 cm³/mol. The SMILES string of the molecule is Cc1cc[c]([Al])c(C)c1. The second-order valence-corrected chi connectivity index (χ2v) is 2.98. The van der Waals surface area contributed by atoms with Crippen LogP contribution in [0, 0.1) is 13.8 Å². The van der Waals surface area contributed by atoms with Gasteiger partial charge < -0.3 is 0 Å². The van der Waals surface area contributed by atoms with E-state index in [0.29, 0.717) is 0 Å². The van der Waals surface area contributed by atoms with Gasteiger partial charge in [0.15, 0.2) is 16.3 Å². The molecule has 0 aliphatic carbocycles. The van der Waals surface area contributed by atoms with E-state index in [2.05, 4.69) is 48.3 Å². The van der Waals surface area contributed by atoms with E-state index >= 15 is 0 Å². The molecule has 0 fully saturated rings. The molecule has 0 unspecified atom stereocenters. The van der Waals surface area contributed by atoms with Crippen molar-refractivity contribution in [1.29, 1.82) is 0 Å². The smallest absolute Gasteiger partial charge is 0.136 e. The monoisotopic (exact) mass is 132 g/mol. The van der Waals surface area contributed by atoms with Crippen molar-refractivity contribution in [2.24, 2.45) is 0 Å². The number of hydrogen-bond acceptors (Lipinski definition) is 0. The van der Waals surface area contributed by atoms with E-state index in [1.165, 1.54) is 15.6 Å². The molecule has 1 aromatic rings. The molecule has 1 heteroatoms. The Kier molecular flexibility index (Phi) is 1.95. The maximum absolute atomic E-state index is 2.71. The molecule has 1 aromatic carbocycles. The Hall–Kier alpha value is -0.248. The van der Waals surface area contributed by atoms with Gasteiger partial charge in [-0.25, -0.2) is 0 Å². The zero-order valence-electron chi connectivity index (χ0n) is 5.81. The molecule has 0 spiro atoms. The van der Waals surface area contributed by atoms with Crippen LogP contribution in [0.1, 0.15) is 11.1 Å². The second kappa shape index (κ2) is 2.56. The van der Waals surface area contributed by atoms with Gasteiger partial charge in [-0.2, -0.15) is 0 Å². The first-order valence-corrected chi connectivity index (χ1v) is 3.60. The molecular formula is C8H9Al. The fraction of sp³-hybridized carbons (Fsp3) is 0.250. The summed E-state index contributed by atoms with van der Waals surface area (Å²) in [4.78, 5) is 0. The highest BCUT2D eigenvalue weighted by Crippen LogP contribution is 1.97. The molecule has 9 heavy (non-hydrogen) atoms. The van der Waals surface area contributed by atoms with Crippen LogP contribution in [0.3, 0.4) is 0 Å². The van der Waals surface area contributed by atoms with Crippen molar-refractivity contribution < 1.29 is 0 Å². The van der Waals surface area contributed by atoms with Crippen LogP contribution in [0.15, 0.2) is 18.2 Å². The maximum atomic E-state index is 2.71. The van der Waals surface area contributed by atoms with Gasteiger partial charge in [0.1, 0.15) is 0 Å². The highest BCUT2D eigenvalue weighted by Gasteiger charge is 1.87. The minimum Gasteiger partial charge on any atom is -0.136 e. The average molecular weight is 132 g/mol. The topological polar surface area (TPSA) is 0 Å². The van der Waals surface area contributed by atoms with E-state index in [0.717, 1.165) is 0 Å². The van der Waals surface area contributed by atoms with Crippen LogP contribution >= 0.6 is 0 Å². The Labute approximate surface area is 64.3 Å². The largest absolute Gasteiger partial charge is 0.175 e. The lowest BCUT2D eigenvalue weighted by Gasteiger charge is -1.99. The van der Waals surface area contributed by atoms with E-state index in [4.69, 9.17) is 0 Å². The summed E-state index contributed by atoms with van der Waals surface area (Å²) in [6.07, 6.45) is 0. The zero-order chi connectivity index (χ0) is 6.85. The summed E-state index contributed by atoms with van der Waals surface area (Å²) >= 11 is 2.71. The highest BCUT2D eigenvalue weighted by molar-refractivity contribution is 6.33. The molecule has 2 radical (unpaired) electrons. The summed E-state index contributed by atoms with van der Waals surface area (Å²) in [5.74, 6) is 0. The second-order valence-electron chi connectivity index (χ2n) is 2.36. The Bertz CT molecular complexity index is 216. The van der Waals surface area contributed by atoms with Crippen LogP contribution in [0.4, 0.5) is 0 Å². The van der Waals surface area contributed by atoms with Crippen molar-refractivity contribution in [3.05, 3.63) is 29.3 Å². The third-order valence-electron chi connectivity index (χ3n) is 1.43. The van der Waals surface area contributed by atoms with Crippen molar-refractivity contribution in [1.82, 2.24) is 0 Å². The normalized spacial score (nSPS) is 9.56. The fourth-order valence-corrected chi connectivity index (χ4v) is 1.01. The fourth-order valence-electron chi connectivity index (χ4n) is 0.826. The lowest BCUT2D eigenvalue weighted by molar-refractivity contribution is 1.41. The first kappa shape index (κ1) is 6.87. The van der Waals surface area contributed by atoms with Crippen molar-refractivity contribution in [3.63, 3.8) is 0 Å². The van der Waals surface area contributed by atoms with Crippen molar-refractivity contribution in [3.8, 4) is 0 Å². The van der Waals surface area contributed by atoms with Gasteiger partial charge in [-0.05, 0) is 13.8 Å². The summed E-state index contributed by atoms with van der Waals surface area (Å²) in [7, 11) is 0. The number of benzene rings is 1. The molecule has 0 atom stereocenters. The average Bonchev–Trinajstić information content (AvgIpc) is 1.80. The summed E-state index contributed by atoms with van der Waals surface area (Å²) in [6, 6.07) is 6.42. The summed E-state index contributed by atoms with van der Waals surface area (Å²) in [5.41, 5.74) is 2.68. The summed E-state index contributed by atoms with van der Waals surface area (Å²) in [6.45, 7) is 4.23. The molecule has 0 N–H and O–H groups in total. The number of hydrogen-bond donors (Lipinski definition) is 0. The van der Waals surface area contributed by atoms with Crippen molar-refractivity contribution in [2.75, 3.05) is 0 Å². The standard InChI is InChI=1S/C8H9.Al/c1-7-4-3-5-8(2)6-7;/h3-4,6H,1-2H3;. The molecule has 0 nitrogen and oxygen atoms in total. The van der Waals surface area contributed by atoms with E-state index in [1.807, 2.05) is 0 Å². The molecule has 0 saturated heterocycles. The lowest BCUT2D eigenvalue weighted by Crippen LogP contribution is -2.05. The predicted octanol–water partition coefficient (Wildman–Crippen LogP) is 1.10. The van der Waals surface area contributed by atoms with Gasteiger partial charge in [-0.1, -0.05) is 29.3 Å². The number of rotatable bonds is 0. The van der Waals surface area contributed by atoms with Crippen LogP contribution < -0.4 is 4.43 Å². The van der Waals surface area contributed by atoms with Crippen LogP contribution in [-0.4, -0.2) is 16.3 Å². The molecule has 0 saturated carbocycles. The van der Waals surface area contributed by atoms with Crippen LogP contribution in [0.2, 0.25) is 0 Å². The summed E-state index contributed by atoms with van der Waals surface area (Å²) in [5, 5.41) is 0. The third kappa shape index (κ3) is 1.58. The van der Waals surface area contributed by atoms with Gasteiger partial charge >= 0.3 is 0 Å². The quantitative estimate of drug-likeness (QED) is 0.464. The molecule has 0 aliphatic heterocycles. The Morgan fingerprint density at radius 2 is 1.89 bits per heavy atom. The molecule has 44 valence electrons. The van der Waals surface area contributed by atoms with Gasteiger partial charge in [0.25, 0.3) is 0 Å². The first-order valence-electron chi connectivity index (χ1n) is 3.03. The van der Waals surface area contributed by atoms with E-state index in [-0.39, 0.29) is 0 Å². The third-order valence-corrected chi connectivity index (χ3v) is 2.07. The van der Waals surface area contributed by atoms with Crippen LogP contribution in [0.5, 0.6) is 0 Å². The molecular weight excluding hydrogens is 123 g/mol. The Morgan fingerprint density at radius 3 is 2.33 bits per heavy atom. The molecule has 0 aliphatic rings. The van der Waals surface area contributed by atoms with E-state index in [9.17, 15) is 0 Å². The zero-order valence-corrected chi connectivity index (χ0v) is 6.96. The maximum Gasteiger partial charge on any atom is 0.175 e. The Balaban J connectivity index is 3.17. The highest BCUT2D eigenvalue weighted by atomic mass is 27.0. The molecule has 0 aromatic heterocycles. The van der Waals surface area contributed by atoms with E-state index < -0.39 is 0 Å². The molecule has 0 bridgehead atoms. The van der Waals surface area contributed by atoms with Gasteiger partial charge in [-0.3, -0.25) is 0 Å². The minimum absolute atomic E-state index is 1.29. The van der Waals surface area contributed by atoms with E-state index in [1.54, 1.807) is 0 Å². The lowest BCUT2D eigenvalue weighted by atomic mass is 10.2. The first-order chi connectivity index (χ1) is 4.20. The van der Waals surface area contributed by atoms with Crippen molar-refractivity contribution in [2.45, 2.75) is 13.8 Å². The van der Waals surface area contributed by atoms with Crippen LogP contribution in [0.25, 0.3) is 0 Å². The van der Waals surface area contributed by atoms with Gasteiger partial charge in [0.2, 0.25) is 0 Å². The van der Waals surface area contributed by atoms with Gasteiger partial charge in [-0.15, -0.1) is 4.43 Å². The Morgan fingerprint density at radius 1 is 1.22 bits per heavy atom. The molecule has 0 heterocycles. The molecule has 0 amide bonds. The molecule has 1 rings (SSSR count). The minimum atomic E-state index is 1.29. The van der Waals surface area contributed by atoms with Crippen molar-refractivity contribution >= 4 is 20.7 Å². The van der Waals surface area contributed by atoms with Gasteiger partial charge in [0.05, 0.1) is 0 Å². The van der Waals surface area contributed by atoms with Crippen LogP contribution in [-0.2, 0) is 0 Å².